The Labute approximate surface area is 153 Å². The molecular formula is C21H28O5. The van der Waals surface area contributed by atoms with Crippen LogP contribution >= 0.6 is 0 Å². The van der Waals surface area contributed by atoms with Crippen LogP contribution in [0.5, 0.6) is 0 Å². The van der Waals surface area contributed by atoms with Gasteiger partial charge in [0.25, 0.3) is 0 Å². The molecule has 4 rings (SSSR count). The number of aliphatic hydroxyl groups excluding tert-OH is 2. The molecule has 26 heavy (non-hydrogen) atoms. The number of allylic oxidation sites excluding steroid dienone is 4. The van der Waals surface area contributed by atoms with Gasteiger partial charge in [-0.25, -0.2) is 0 Å². The van der Waals surface area contributed by atoms with E-state index in [9.17, 15) is 24.9 Å². The molecular weight excluding hydrogens is 332 g/mol. The number of aliphatic hydroxyl groups is 3. The van der Waals surface area contributed by atoms with Crippen LogP contribution in [0.2, 0.25) is 0 Å². The molecule has 5 nitrogen and oxygen atoms in total. The second-order valence-electron chi connectivity index (χ2n) is 9.19. The summed E-state index contributed by atoms with van der Waals surface area (Å²) in [5.41, 5.74) is -1.56. The van der Waals surface area contributed by atoms with Crippen molar-refractivity contribution in [1.29, 1.82) is 0 Å². The Balaban J connectivity index is 1.76. The van der Waals surface area contributed by atoms with Crippen LogP contribution in [0.25, 0.3) is 0 Å². The number of rotatable bonds is 2. The predicted molar refractivity (Wildman–Crippen MR) is 95.0 cm³/mol. The first-order valence-electron chi connectivity index (χ1n) is 9.63. The Bertz CT molecular complexity index is 724. The van der Waals surface area contributed by atoms with Crippen molar-refractivity contribution >= 4 is 11.6 Å². The third-order valence-corrected chi connectivity index (χ3v) is 8.21. The molecule has 0 spiro atoms. The van der Waals surface area contributed by atoms with Crippen molar-refractivity contribution < 1.29 is 24.9 Å². The van der Waals surface area contributed by atoms with Crippen LogP contribution in [0.1, 0.15) is 46.0 Å². The average molecular weight is 360 g/mol. The van der Waals surface area contributed by atoms with E-state index in [1.165, 1.54) is 0 Å². The van der Waals surface area contributed by atoms with Crippen LogP contribution in [-0.2, 0) is 9.59 Å². The third-order valence-electron chi connectivity index (χ3n) is 8.21. The molecule has 0 aromatic carbocycles. The SMILES string of the molecule is C[C@]12C=CC(=O)CC1=CC[C@@H]1[C@@H]2C(O)C[C@@]2(C)[C@H]1CC[C@]2(O)C(=O)CO. The van der Waals surface area contributed by atoms with Gasteiger partial charge in [-0.05, 0) is 43.6 Å². The number of hydrogen-bond donors (Lipinski definition) is 3. The van der Waals surface area contributed by atoms with Gasteiger partial charge in [0, 0.05) is 23.2 Å². The molecule has 0 saturated heterocycles. The van der Waals surface area contributed by atoms with Crippen molar-refractivity contribution in [3.05, 3.63) is 23.8 Å². The first kappa shape index (κ1) is 18.1. The number of carbonyl (C=O) groups excluding carboxylic acids is 2. The first-order valence-corrected chi connectivity index (χ1v) is 9.63. The minimum atomic E-state index is -1.57. The largest absolute Gasteiger partial charge is 0.393 e. The maximum Gasteiger partial charge on any atom is 0.190 e. The van der Waals surface area contributed by atoms with Crippen molar-refractivity contribution in [2.75, 3.05) is 6.61 Å². The minimum Gasteiger partial charge on any atom is -0.393 e. The molecule has 4 aliphatic rings. The Kier molecular flexibility index (Phi) is 3.89. The highest BCUT2D eigenvalue weighted by Gasteiger charge is 2.67. The van der Waals surface area contributed by atoms with E-state index in [0.29, 0.717) is 25.7 Å². The molecule has 0 heterocycles. The maximum absolute atomic E-state index is 12.3. The molecule has 142 valence electrons. The molecule has 5 heteroatoms. The van der Waals surface area contributed by atoms with Gasteiger partial charge in [-0.3, -0.25) is 9.59 Å². The van der Waals surface area contributed by atoms with E-state index in [4.69, 9.17) is 0 Å². The summed E-state index contributed by atoms with van der Waals surface area (Å²) < 4.78 is 0. The van der Waals surface area contributed by atoms with Crippen LogP contribution in [0.15, 0.2) is 23.8 Å². The quantitative estimate of drug-likeness (QED) is 0.650. The highest BCUT2D eigenvalue weighted by Crippen LogP contribution is 2.66. The fourth-order valence-electron chi connectivity index (χ4n) is 6.83. The van der Waals surface area contributed by atoms with Crippen molar-refractivity contribution in [2.45, 2.75) is 57.7 Å². The van der Waals surface area contributed by atoms with Crippen molar-refractivity contribution in [3.63, 3.8) is 0 Å². The molecule has 4 aliphatic carbocycles. The van der Waals surface area contributed by atoms with Crippen LogP contribution in [0.4, 0.5) is 0 Å². The Morgan fingerprint density at radius 3 is 2.77 bits per heavy atom. The topological polar surface area (TPSA) is 94.8 Å². The molecule has 0 aromatic heterocycles. The summed E-state index contributed by atoms with van der Waals surface area (Å²) in [6, 6.07) is 0. The van der Waals surface area contributed by atoms with Crippen LogP contribution in [0.3, 0.4) is 0 Å². The lowest BCUT2D eigenvalue weighted by atomic mass is 9.47. The first-order chi connectivity index (χ1) is 12.2. The fraction of sp³-hybridized carbons (Fsp3) is 0.714. The van der Waals surface area contributed by atoms with Gasteiger partial charge in [0.1, 0.15) is 12.2 Å². The normalized spacial score (nSPS) is 49.9. The molecule has 3 N–H and O–H groups in total. The number of hydrogen-bond acceptors (Lipinski definition) is 5. The summed E-state index contributed by atoms with van der Waals surface area (Å²) >= 11 is 0. The molecule has 0 aromatic rings. The highest BCUT2D eigenvalue weighted by atomic mass is 16.3. The lowest BCUT2D eigenvalue weighted by molar-refractivity contribution is -0.176. The van der Waals surface area contributed by atoms with Crippen molar-refractivity contribution in [1.82, 2.24) is 0 Å². The number of ketones is 2. The summed E-state index contributed by atoms with van der Waals surface area (Å²) in [7, 11) is 0. The van der Waals surface area contributed by atoms with Crippen molar-refractivity contribution in [3.8, 4) is 0 Å². The van der Waals surface area contributed by atoms with Crippen molar-refractivity contribution in [2.24, 2.45) is 28.6 Å². The van der Waals surface area contributed by atoms with Gasteiger partial charge < -0.3 is 15.3 Å². The van der Waals surface area contributed by atoms with E-state index < -0.39 is 29.5 Å². The van der Waals surface area contributed by atoms with Gasteiger partial charge in [0.2, 0.25) is 0 Å². The number of carbonyl (C=O) groups is 2. The molecule has 7 atom stereocenters. The summed E-state index contributed by atoms with van der Waals surface area (Å²) in [6.45, 7) is 3.33. The summed E-state index contributed by atoms with van der Waals surface area (Å²) in [6.07, 6.45) is 7.64. The fourth-order valence-corrected chi connectivity index (χ4v) is 6.83. The van der Waals surface area contributed by atoms with E-state index in [2.05, 4.69) is 13.0 Å². The van der Waals surface area contributed by atoms with Gasteiger partial charge in [-0.2, -0.15) is 0 Å². The van der Waals surface area contributed by atoms with Crippen LogP contribution in [0, 0.1) is 28.6 Å². The molecule has 2 fully saturated rings. The number of Topliss-reactive ketones (excluding diaryl/α,β-unsaturated/α-hetero) is 1. The molecule has 1 unspecified atom stereocenters. The molecule has 0 aliphatic heterocycles. The van der Waals surface area contributed by atoms with Crippen LogP contribution < -0.4 is 0 Å². The monoisotopic (exact) mass is 360 g/mol. The van der Waals surface area contributed by atoms with Crippen LogP contribution in [-0.4, -0.2) is 45.2 Å². The minimum absolute atomic E-state index is 0.0171. The lowest BCUT2D eigenvalue weighted by Gasteiger charge is -2.58. The van der Waals surface area contributed by atoms with Gasteiger partial charge in [0.15, 0.2) is 11.6 Å². The van der Waals surface area contributed by atoms with E-state index in [0.717, 1.165) is 12.0 Å². The smallest absolute Gasteiger partial charge is 0.190 e. The Morgan fingerprint density at radius 1 is 1.35 bits per heavy atom. The van der Waals surface area contributed by atoms with E-state index in [1.807, 2.05) is 13.0 Å². The molecule has 0 amide bonds. The standard InChI is InChI=1S/C21H28O5/c1-19-7-5-13(23)9-12(19)3-4-14-15-6-8-21(26,17(25)11-22)20(15,2)10-16(24)18(14)19/h3,5,7,14-16,18,22,24,26H,4,6,8-11H2,1-2H3/t14-,15-,16?,18+,19-,20-,21-/m0/s1. The molecule has 0 bridgehead atoms. The third kappa shape index (κ3) is 2.08. The van der Waals surface area contributed by atoms with E-state index in [1.54, 1.807) is 6.08 Å². The highest BCUT2D eigenvalue weighted by molar-refractivity contribution is 5.93. The Morgan fingerprint density at radius 2 is 2.08 bits per heavy atom. The van der Waals surface area contributed by atoms with E-state index in [-0.39, 0.29) is 29.0 Å². The number of fused-ring (bicyclic) bond motifs is 5. The van der Waals surface area contributed by atoms with Gasteiger partial charge in [-0.1, -0.05) is 31.6 Å². The maximum atomic E-state index is 12.3. The zero-order valence-electron chi connectivity index (χ0n) is 15.4. The summed E-state index contributed by atoms with van der Waals surface area (Å²) in [5.74, 6) is -0.190. The second-order valence-corrected chi connectivity index (χ2v) is 9.19. The molecule has 0 radical (unpaired) electrons. The van der Waals surface area contributed by atoms with Gasteiger partial charge >= 0.3 is 0 Å². The second kappa shape index (κ2) is 5.60. The average Bonchev–Trinajstić information content (AvgIpc) is 2.86. The lowest BCUT2D eigenvalue weighted by Crippen LogP contribution is -2.61. The predicted octanol–water partition coefficient (Wildman–Crippen LogP) is 1.56. The molecule has 2 saturated carbocycles. The van der Waals surface area contributed by atoms with E-state index >= 15 is 0 Å². The summed E-state index contributed by atoms with van der Waals surface area (Å²) in [5, 5.41) is 31.7. The zero-order valence-corrected chi connectivity index (χ0v) is 15.4. The summed E-state index contributed by atoms with van der Waals surface area (Å²) in [4.78, 5) is 24.2. The Hall–Kier alpha value is -1.30. The zero-order chi connectivity index (χ0) is 18.9. The van der Waals surface area contributed by atoms with Gasteiger partial charge in [-0.15, -0.1) is 0 Å². The van der Waals surface area contributed by atoms with Gasteiger partial charge in [0.05, 0.1) is 6.10 Å².